The highest BCUT2D eigenvalue weighted by Crippen LogP contribution is 2.35. The third-order valence-electron chi connectivity index (χ3n) is 3.12. The van der Waals surface area contributed by atoms with Crippen LogP contribution in [0.25, 0.3) is 11.6 Å². The highest BCUT2D eigenvalue weighted by molar-refractivity contribution is 7.71. The number of hydrogen-bond acceptors (Lipinski definition) is 4. The second kappa shape index (κ2) is 4.57. The van der Waals surface area contributed by atoms with E-state index in [2.05, 4.69) is 15.0 Å². The molecule has 20 heavy (non-hydrogen) atoms. The predicted molar refractivity (Wildman–Crippen MR) is 81.0 cm³/mol. The van der Waals surface area contributed by atoms with E-state index in [1.54, 1.807) is 6.08 Å². The van der Waals surface area contributed by atoms with Crippen LogP contribution in [0, 0.1) is 4.77 Å². The average molecular weight is 285 g/mol. The fourth-order valence-electron chi connectivity index (χ4n) is 2.18. The zero-order valence-corrected chi connectivity index (χ0v) is 11.4. The zero-order chi connectivity index (χ0) is 14.3. The Balaban J connectivity index is 2.23. The molecule has 2 aromatic rings. The molecule has 0 saturated heterocycles. The fraction of sp³-hybridized carbons (Fsp3) is 0.0714. The lowest BCUT2D eigenvalue weighted by molar-refractivity contribution is 0.448. The van der Waals surface area contributed by atoms with Gasteiger partial charge in [-0.1, -0.05) is 18.2 Å². The van der Waals surface area contributed by atoms with Crippen molar-refractivity contribution in [2.75, 3.05) is 0 Å². The van der Waals surface area contributed by atoms with E-state index >= 15 is 0 Å². The fourth-order valence-corrected chi connectivity index (χ4v) is 2.37. The Hall–Kier alpha value is -2.47. The van der Waals surface area contributed by atoms with Crippen molar-refractivity contribution >= 4 is 35.3 Å². The van der Waals surface area contributed by atoms with E-state index in [9.17, 15) is 9.90 Å². The molecule has 3 rings (SSSR count). The molecule has 0 fully saturated rings. The van der Waals surface area contributed by atoms with Gasteiger partial charge in [-0.15, -0.1) is 0 Å². The third-order valence-corrected chi connectivity index (χ3v) is 3.32. The van der Waals surface area contributed by atoms with E-state index in [-0.39, 0.29) is 16.2 Å². The standard InChI is InChI=1S/C14H11N3O2S/c1-7-9(8-4-2-3-5-11(8)15-7)6-10-12(18)16-14(20)17-13(10)19/h2-6H,1H3,(H3,16,17,18,19,20). The largest absolute Gasteiger partial charge is 0.494 e. The Morgan fingerprint density at radius 1 is 1.30 bits per heavy atom. The van der Waals surface area contributed by atoms with Crippen LogP contribution in [0.15, 0.2) is 34.1 Å². The molecule has 1 aliphatic heterocycles. The number of aliphatic imine (C=N–C) groups is 1. The van der Waals surface area contributed by atoms with E-state index in [4.69, 9.17) is 12.2 Å². The molecule has 6 heteroatoms. The maximum atomic E-state index is 11.9. The number of nitrogens with zero attached hydrogens (tertiary/aromatic N) is 1. The number of benzene rings is 1. The molecule has 1 aromatic carbocycles. The summed E-state index contributed by atoms with van der Waals surface area (Å²) in [6.07, 6.45) is 1.62. The number of fused-ring (bicyclic) bond motifs is 1. The molecule has 100 valence electrons. The average Bonchev–Trinajstić information content (AvgIpc) is 2.69. The summed E-state index contributed by atoms with van der Waals surface area (Å²) in [5.41, 5.74) is 3.11. The van der Waals surface area contributed by atoms with Gasteiger partial charge in [-0.2, -0.15) is 0 Å². The Morgan fingerprint density at radius 2 is 2.05 bits per heavy atom. The van der Waals surface area contributed by atoms with Gasteiger partial charge in [-0.3, -0.25) is 14.8 Å². The van der Waals surface area contributed by atoms with Crippen LogP contribution in [0.5, 0.6) is 5.88 Å². The van der Waals surface area contributed by atoms with Crippen LogP contribution in [-0.4, -0.2) is 20.8 Å². The molecule has 1 aliphatic rings. The van der Waals surface area contributed by atoms with Gasteiger partial charge < -0.3 is 10.1 Å². The normalized spacial score (nSPS) is 15.2. The summed E-state index contributed by atoms with van der Waals surface area (Å²) in [7, 11) is 0. The number of hydrogen-bond donors (Lipinski definition) is 3. The lowest BCUT2D eigenvalue weighted by Gasteiger charge is -2.03. The number of para-hydroxylation sites is 1. The Labute approximate surface area is 119 Å². The lowest BCUT2D eigenvalue weighted by atomic mass is 10.0. The van der Waals surface area contributed by atoms with Crippen molar-refractivity contribution in [2.24, 2.45) is 4.99 Å². The molecule has 0 atom stereocenters. The highest BCUT2D eigenvalue weighted by atomic mass is 32.1. The van der Waals surface area contributed by atoms with Gasteiger partial charge in [0.1, 0.15) is 5.56 Å². The summed E-state index contributed by atoms with van der Waals surface area (Å²) < 4.78 is 0.0897. The lowest BCUT2D eigenvalue weighted by Crippen LogP contribution is -2.11. The molecule has 0 saturated carbocycles. The van der Waals surface area contributed by atoms with Crippen LogP contribution in [0.1, 0.15) is 18.1 Å². The number of H-pyrrole nitrogens is 2. The first-order chi connectivity index (χ1) is 9.56. The van der Waals surface area contributed by atoms with E-state index in [0.29, 0.717) is 0 Å². The number of aromatic hydroxyl groups is 1. The maximum absolute atomic E-state index is 11.9. The van der Waals surface area contributed by atoms with Crippen LogP contribution in [0.2, 0.25) is 0 Å². The predicted octanol–water partition coefficient (Wildman–Crippen LogP) is 2.78. The van der Waals surface area contributed by atoms with Gasteiger partial charge in [0.15, 0.2) is 4.77 Å². The summed E-state index contributed by atoms with van der Waals surface area (Å²) in [4.78, 5) is 21.3. The van der Waals surface area contributed by atoms with Gasteiger partial charge in [0.2, 0.25) is 5.88 Å². The number of allylic oxidation sites excluding steroid dienone is 1. The summed E-state index contributed by atoms with van der Waals surface area (Å²) in [5, 5.41) is 9.84. The van der Waals surface area contributed by atoms with Gasteiger partial charge in [0.25, 0.3) is 5.56 Å². The first-order valence-corrected chi connectivity index (χ1v) is 6.39. The molecule has 2 heterocycles. The molecule has 1 aromatic heterocycles. The minimum atomic E-state index is -0.434. The van der Waals surface area contributed by atoms with Gasteiger partial charge >= 0.3 is 0 Å². The van der Waals surface area contributed by atoms with Crippen molar-refractivity contribution in [3.63, 3.8) is 0 Å². The summed E-state index contributed by atoms with van der Waals surface area (Å²) in [6.45, 7) is 1.86. The van der Waals surface area contributed by atoms with Crippen LogP contribution >= 0.6 is 12.2 Å². The van der Waals surface area contributed by atoms with Crippen LogP contribution in [-0.2, 0) is 0 Å². The molecule has 0 amide bonds. The monoisotopic (exact) mass is 285 g/mol. The third kappa shape index (κ3) is 2.00. The molecular formula is C14H11N3O2S. The summed E-state index contributed by atoms with van der Waals surface area (Å²) in [5.74, 6) is -0.247. The van der Waals surface area contributed by atoms with Gasteiger partial charge in [0.05, 0.1) is 5.69 Å². The second-order valence-electron chi connectivity index (χ2n) is 4.44. The number of aromatic amines is 2. The highest BCUT2D eigenvalue weighted by Gasteiger charge is 2.18. The van der Waals surface area contributed by atoms with E-state index < -0.39 is 5.56 Å². The minimum Gasteiger partial charge on any atom is -0.494 e. The topological polar surface area (TPSA) is 81.2 Å². The van der Waals surface area contributed by atoms with Crippen molar-refractivity contribution in [1.29, 1.82) is 0 Å². The molecule has 0 radical (unpaired) electrons. The van der Waals surface area contributed by atoms with Crippen molar-refractivity contribution in [1.82, 2.24) is 9.97 Å². The molecule has 0 spiro atoms. The van der Waals surface area contributed by atoms with Crippen molar-refractivity contribution < 1.29 is 5.11 Å². The molecule has 5 nitrogen and oxygen atoms in total. The molecule has 0 bridgehead atoms. The molecule has 0 unspecified atom stereocenters. The first kappa shape index (κ1) is 12.6. The Bertz CT molecular complexity index is 874. The summed E-state index contributed by atoms with van der Waals surface area (Å²) >= 11 is 4.80. The SMILES string of the molecule is CC1=Nc2ccccc2C1=Cc1c(O)[nH]c(=S)[nH]c1=O. The Morgan fingerprint density at radius 3 is 2.80 bits per heavy atom. The first-order valence-electron chi connectivity index (χ1n) is 5.98. The zero-order valence-electron chi connectivity index (χ0n) is 10.6. The minimum absolute atomic E-state index is 0.0897. The number of nitrogens with one attached hydrogen (secondary N) is 2. The van der Waals surface area contributed by atoms with Gasteiger partial charge in [-0.05, 0) is 31.3 Å². The molecule has 0 aliphatic carbocycles. The quantitative estimate of drug-likeness (QED) is 0.705. The van der Waals surface area contributed by atoms with Crippen LogP contribution < -0.4 is 5.56 Å². The van der Waals surface area contributed by atoms with E-state index in [0.717, 1.165) is 22.5 Å². The molecular weight excluding hydrogens is 274 g/mol. The van der Waals surface area contributed by atoms with Crippen LogP contribution in [0.3, 0.4) is 0 Å². The van der Waals surface area contributed by atoms with Gasteiger partial charge in [-0.25, -0.2) is 0 Å². The van der Waals surface area contributed by atoms with Crippen molar-refractivity contribution in [3.8, 4) is 5.88 Å². The summed E-state index contributed by atoms with van der Waals surface area (Å²) in [6, 6.07) is 7.64. The van der Waals surface area contributed by atoms with Crippen molar-refractivity contribution in [3.05, 3.63) is 50.5 Å². The molecule has 3 N–H and O–H groups in total. The second-order valence-corrected chi connectivity index (χ2v) is 4.85. The van der Waals surface area contributed by atoms with Crippen molar-refractivity contribution in [2.45, 2.75) is 6.92 Å². The van der Waals surface area contributed by atoms with E-state index in [1.165, 1.54) is 0 Å². The number of aromatic nitrogens is 2. The Kier molecular flexibility index (Phi) is 2.87. The van der Waals surface area contributed by atoms with E-state index in [1.807, 2.05) is 31.2 Å². The smallest absolute Gasteiger partial charge is 0.262 e. The number of rotatable bonds is 1. The van der Waals surface area contributed by atoms with Gasteiger partial charge in [0, 0.05) is 16.8 Å². The van der Waals surface area contributed by atoms with Crippen LogP contribution in [0.4, 0.5) is 5.69 Å². The maximum Gasteiger partial charge on any atom is 0.262 e.